The topological polar surface area (TPSA) is 24.1 Å². The molecular formula is C69H42F3N5. The van der Waals surface area contributed by atoms with Gasteiger partial charge >= 0.3 is 6.18 Å². The fourth-order valence-electron chi connectivity index (χ4n) is 12.5. The first-order valence-corrected chi connectivity index (χ1v) is 25.6. The largest absolute Gasteiger partial charge is 0.417 e. The highest BCUT2D eigenvalue weighted by Crippen LogP contribution is 2.48. The van der Waals surface area contributed by atoms with E-state index in [-0.39, 0.29) is 5.56 Å². The van der Waals surface area contributed by atoms with Gasteiger partial charge in [0.25, 0.3) is 0 Å². The summed E-state index contributed by atoms with van der Waals surface area (Å²) in [6.45, 7) is 10.2. The van der Waals surface area contributed by atoms with E-state index in [4.69, 9.17) is 6.57 Å². The molecule has 0 atom stereocenters. The van der Waals surface area contributed by atoms with Gasteiger partial charge in [-0.15, -0.1) is 0 Å². The summed E-state index contributed by atoms with van der Waals surface area (Å²) in [6.07, 6.45) is -4.62. The minimum atomic E-state index is -4.62. The van der Waals surface area contributed by atoms with Gasteiger partial charge in [-0.05, 0) is 121 Å². The minimum absolute atomic E-state index is 0.122. The van der Waals surface area contributed by atoms with Crippen LogP contribution in [0, 0.1) is 13.5 Å². The molecule has 4 aromatic heterocycles. The molecule has 0 saturated carbocycles. The first kappa shape index (κ1) is 44.4. The Kier molecular flexibility index (Phi) is 9.63. The van der Waals surface area contributed by atoms with Crippen LogP contribution < -0.4 is 0 Å². The predicted molar refractivity (Wildman–Crippen MR) is 311 cm³/mol. The zero-order chi connectivity index (χ0) is 51.7. The van der Waals surface area contributed by atoms with Crippen LogP contribution in [0.4, 0.5) is 18.9 Å². The summed E-state index contributed by atoms with van der Waals surface area (Å²) in [4.78, 5) is 4.02. The lowest BCUT2D eigenvalue weighted by Crippen LogP contribution is -2.08. The summed E-state index contributed by atoms with van der Waals surface area (Å²) in [5.41, 5.74) is 13.7. The number of alkyl halides is 3. The van der Waals surface area contributed by atoms with Crippen molar-refractivity contribution in [2.24, 2.45) is 0 Å². The third-order valence-electron chi connectivity index (χ3n) is 15.7. The highest BCUT2D eigenvalue weighted by atomic mass is 19.4. The van der Waals surface area contributed by atoms with Crippen molar-refractivity contribution in [3.8, 4) is 45.0 Å². The Morgan fingerprint density at radius 1 is 0.351 bits per heavy atom. The van der Waals surface area contributed by atoms with Gasteiger partial charge in [0, 0.05) is 71.3 Å². The van der Waals surface area contributed by atoms with Gasteiger partial charge in [0.2, 0.25) is 0 Å². The maximum atomic E-state index is 15.3. The SMILES string of the molecule is [C-]#[N+]c1ccc(-c2cc(-c3c(C)cccc3C(F)(F)F)ccc2-n2c3ccccc3c3cc4c5ccccc5n(-c5ccccc5)c4cc32)c(-n2c3ccccc3c3cc4c5ccccc5n(-c5ccccc5)c4cc32)c1. The van der Waals surface area contributed by atoms with Gasteiger partial charge < -0.3 is 18.3 Å². The van der Waals surface area contributed by atoms with E-state index < -0.39 is 11.7 Å². The van der Waals surface area contributed by atoms with E-state index >= 15 is 13.2 Å². The standard InChI is InChI=1S/C69H42F3N5/c1-42-18-17-27-57(69(70,71)72)68(42)43-32-35-62(76-60-30-15-11-25-49(60)55-38-53-47-23-9-13-28-58(47)74(64(53)40-66(55)76)45-19-5-3-6-20-45)52(36-43)51-34-33-44(73-2)37-63(51)77-61-31-16-12-26-50(61)56-39-54-48-24-10-14-29-59(48)75(65(54)41-67(56)77)46-21-7-4-8-22-46/h3-41H,1H3. The zero-order valence-electron chi connectivity index (χ0n) is 41.4. The minimum Gasteiger partial charge on any atom is -0.310 e. The Morgan fingerprint density at radius 3 is 1.27 bits per heavy atom. The Bertz CT molecular complexity index is 4990. The molecule has 364 valence electrons. The quantitative estimate of drug-likeness (QED) is 0.148. The van der Waals surface area contributed by atoms with Crippen LogP contribution in [0.15, 0.2) is 237 Å². The molecule has 4 heterocycles. The Hall–Kier alpha value is -10.1. The van der Waals surface area contributed by atoms with Crippen LogP contribution in [0.2, 0.25) is 0 Å². The van der Waals surface area contributed by atoms with Gasteiger partial charge in [-0.3, -0.25) is 0 Å². The number of aromatic nitrogens is 4. The number of hydrogen-bond acceptors (Lipinski definition) is 0. The third kappa shape index (κ3) is 6.60. The second-order valence-corrected chi connectivity index (χ2v) is 19.9. The van der Waals surface area contributed by atoms with Crippen molar-refractivity contribution in [2.45, 2.75) is 13.1 Å². The van der Waals surface area contributed by atoms with Crippen LogP contribution in [-0.2, 0) is 6.18 Å². The fraction of sp³-hybridized carbons (Fsp3) is 0.0290. The summed E-state index contributed by atoms with van der Waals surface area (Å²) in [5.74, 6) is 0. The molecule has 0 aliphatic carbocycles. The summed E-state index contributed by atoms with van der Waals surface area (Å²) in [5, 5.41) is 8.62. The Balaban J connectivity index is 1.08. The maximum absolute atomic E-state index is 15.3. The van der Waals surface area contributed by atoms with Gasteiger partial charge in [-0.2, -0.15) is 13.2 Å². The van der Waals surface area contributed by atoms with Crippen molar-refractivity contribution >= 4 is 92.9 Å². The highest BCUT2D eigenvalue weighted by molar-refractivity contribution is 6.21. The number of hydrogen-bond donors (Lipinski definition) is 0. The van der Waals surface area contributed by atoms with Crippen LogP contribution in [0.1, 0.15) is 11.1 Å². The number of aryl methyl sites for hydroxylation is 1. The number of rotatable bonds is 6. The molecule has 11 aromatic carbocycles. The molecule has 0 N–H and O–H groups in total. The molecule has 0 radical (unpaired) electrons. The van der Waals surface area contributed by atoms with E-state index in [0.717, 1.165) is 116 Å². The van der Waals surface area contributed by atoms with Gasteiger partial charge in [-0.1, -0.05) is 140 Å². The molecule has 5 nitrogen and oxygen atoms in total. The lowest BCUT2D eigenvalue weighted by molar-refractivity contribution is -0.137. The number of benzene rings is 11. The number of halogens is 3. The first-order valence-electron chi connectivity index (χ1n) is 25.6. The van der Waals surface area contributed by atoms with E-state index in [1.54, 1.807) is 13.0 Å². The summed E-state index contributed by atoms with van der Waals surface area (Å²) >= 11 is 0. The van der Waals surface area contributed by atoms with Crippen molar-refractivity contribution in [1.29, 1.82) is 0 Å². The smallest absolute Gasteiger partial charge is 0.310 e. The molecule has 0 aliphatic rings. The second-order valence-electron chi connectivity index (χ2n) is 19.9. The summed E-state index contributed by atoms with van der Waals surface area (Å²) in [6, 6.07) is 79.4. The van der Waals surface area contributed by atoms with E-state index in [9.17, 15) is 0 Å². The second kappa shape index (κ2) is 16.7. The summed E-state index contributed by atoms with van der Waals surface area (Å²) < 4.78 is 54.9. The van der Waals surface area contributed by atoms with E-state index in [2.05, 4.69) is 181 Å². The molecule has 77 heavy (non-hydrogen) atoms. The van der Waals surface area contributed by atoms with Gasteiger partial charge in [0.15, 0.2) is 5.69 Å². The number of para-hydroxylation sites is 6. The molecular weight excluding hydrogens is 956 g/mol. The van der Waals surface area contributed by atoms with Crippen molar-refractivity contribution in [1.82, 2.24) is 18.3 Å². The first-order chi connectivity index (χ1) is 37.7. The molecule has 15 rings (SSSR count). The predicted octanol–water partition coefficient (Wildman–Crippen LogP) is 19.3. The Morgan fingerprint density at radius 2 is 0.792 bits per heavy atom. The van der Waals surface area contributed by atoms with Crippen molar-refractivity contribution in [2.75, 3.05) is 0 Å². The van der Waals surface area contributed by atoms with Crippen molar-refractivity contribution in [3.63, 3.8) is 0 Å². The van der Waals surface area contributed by atoms with Gasteiger partial charge in [0.1, 0.15) is 0 Å². The van der Waals surface area contributed by atoms with E-state index in [0.29, 0.717) is 22.4 Å². The van der Waals surface area contributed by atoms with Crippen LogP contribution >= 0.6 is 0 Å². The average molecular weight is 998 g/mol. The molecule has 8 heteroatoms. The monoisotopic (exact) mass is 997 g/mol. The lowest BCUT2D eigenvalue weighted by atomic mass is 9.91. The van der Waals surface area contributed by atoms with Crippen LogP contribution in [0.5, 0.6) is 0 Å². The zero-order valence-corrected chi connectivity index (χ0v) is 41.4. The Labute approximate surface area is 439 Å². The van der Waals surface area contributed by atoms with Gasteiger partial charge in [0.05, 0.1) is 62.0 Å². The van der Waals surface area contributed by atoms with E-state index in [1.165, 1.54) is 12.1 Å². The van der Waals surface area contributed by atoms with Crippen LogP contribution in [0.25, 0.3) is 137 Å². The third-order valence-corrected chi connectivity index (χ3v) is 15.7. The highest BCUT2D eigenvalue weighted by Gasteiger charge is 2.35. The maximum Gasteiger partial charge on any atom is 0.417 e. The molecule has 0 bridgehead atoms. The molecule has 0 saturated heterocycles. The molecule has 0 fully saturated rings. The molecule has 0 unspecified atom stereocenters. The number of fused-ring (bicyclic) bond motifs is 12. The number of nitrogens with zero attached hydrogens (tertiary/aromatic N) is 5. The average Bonchev–Trinajstić information content (AvgIpc) is 4.38. The fourth-order valence-corrected chi connectivity index (χ4v) is 12.5. The molecule has 0 spiro atoms. The van der Waals surface area contributed by atoms with Crippen LogP contribution in [0.3, 0.4) is 0 Å². The van der Waals surface area contributed by atoms with Crippen LogP contribution in [-0.4, -0.2) is 18.3 Å². The van der Waals surface area contributed by atoms with Gasteiger partial charge in [-0.25, -0.2) is 4.85 Å². The van der Waals surface area contributed by atoms with E-state index in [1.807, 2.05) is 60.7 Å². The summed E-state index contributed by atoms with van der Waals surface area (Å²) in [7, 11) is 0. The normalized spacial score (nSPS) is 12.1. The molecule has 15 aromatic rings. The molecule has 0 amide bonds. The molecule has 0 aliphatic heterocycles. The van der Waals surface area contributed by atoms with Crippen molar-refractivity contribution < 1.29 is 13.2 Å². The van der Waals surface area contributed by atoms with Crippen molar-refractivity contribution in [3.05, 3.63) is 259 Å². The lowest BCUT2D eigenvalue weighted by Gasteiger charge is -2.22.